The lowest BCUT2D eigenvalue weighted by Gasteiger charge is -2.13. The summed E-state index contributed by atoms with van der Waals surface area (Å²) >= 11 is 3.65. The van der Waals surface area contributed by atoms with Gasteiger partial charge in [0.15, 0.2) is 0 Å². The highest BCUT2D eigenvalue weighted by Crippen LogP contribution is 2.50. The molecule has 1 aliphatic carbocycles. The molecule has 0 atom stereocenters. The molecule has 0 amide bonds. The molecule has 0 aromatic heterocycles. The molecule has 16 heavy (non-hydrogen) atoms. The van der Waals surface area contributed by atoms with Crippen LogP contribution in [-0.2, 0) is 6.42 Å². The fourth-order valence-corrected chi connectivity index (χ4v) is 3.14. The van der Waals surface area contributed by atoms with E-state index < -0.39 is 0 Å². The van der Waals surface area contributed by atoms with Crippen LogP contribution in [0.2, 0.25) is 0 Å². The lowest BCUT2D eigenvalue weighted by atomic mass is 9.94. The molecule has 3 rings (SSSR count). The van der Waals surface area contributed by atoms with Crippen molar-refractivity contribution in [2.24, 2.45) is 5.41 Å². The van der Waals surface area contributed by atoms with Crippen LogP contribution in [-0.4, -0.2) is 5.33 Å². The molecule has 1 heteroatoms. The van der Waals surface area contributed by atoms with Crippen LogP contribution in [0, 0.1) is 5.41 Å². The molecule has 1 saturated carbocycles. The van der Waals surface area contributed by atoms with E-state index in [1.54, 1.807) is 0 Å². The maximum absolute atomic E-state index is 3.65. The van der Waals surface area contributed by atoms with Gasteiger partial charge in [0, 0.05) is 5.33 Å². The normalized spacial score (nSPS) is 17.6. The first kappa shape index (κ1) is 10.3. The number of benzene rings is 2. The highest BCUT2D eigenvalue weighted by atomic mass is 79.9. The molecule has 0 unspecified atom stereocenters. The Balaban J connectivity index is 2.03. The maximum Gasteiger partial charge on any atom is 0.00911 e. The molecule has 0 aliphatic heterocycles. The third-order valence-corrected chi connectivity index (χ3v) is 4.88. The second-order valence-corrected chi connectivity index (χ2v) is 5.51. The van der Waals surface area contributed by atoms with Crippen molar-refractivity contribution < 1.29 is 0 Å². The van der Waals surface area contributed by atoms with Crippen molar-refractivity contribution in [2.45, 2.75) is 19.3 Å². The van der Waals surface area contributed by atoms with Crippen molar-refractivity contribution in [1.82, 2.24) is 0 Å². The second kappa shape index (κ2) is 3.89. The van der Waals surface area contributed by atoms with Gasteiger partial charge < -0.3 is 0 Å². The largest absolute Gasteiger partial charge is 0.0922 e. The van der Waals surface area contributed by atoms with E-state index in [2.05, 4.69) is 58.4 Å². The van der Waals surface area contributed by atoms with Crippen LogP contribution in [0.4, 0.5) is 0 Å². The second-order valence-electron chi connectivity index (χ2n) is 4.95. The number of hydrogen-bond donors (Lipinski definition) is 0. The Morgan fingerprint density at radius 3 is 2.50 bits per heavy atom. The van der Waals surface area contributed by atoms with Crippen molar-refractivity contribution >= 4 is 26.7 Å². The summed E-state index contributed by atoms with van der Waals surface area (Å²) in [6, 6.07) is 15.4. The summed E-state index contributed by atoms with van der Waals surface area (Å²) < 4.78 is 0. The van der Waals surface area contributed by atoms with Crippen molar-refractivity contribution in [3.63, 3.8) is 0 Å². The van der Waals surface area contributed by atoms with E-state index in [1.807, 2.05) is 0 Å². The van der Waals surface area contributed by atoms with Gasteiger partial charge in [0.2, 0.25) is 0 Å². The zero-order valence-electron chi connectivity index (χ0n) is 9.25. The minimum Gasteiger partial charge on any atom is -0.0922 e. The Hall–Kier alpha value is -0.820. The van der Waals surface area contributed by atoms with Gasteiger partial charge in [-0.1, -0.05) is 58.4 Å². The van der Waals surface area contributed by atoms with Crippen LogP contribution in [0.15, 0.2) is 42.5 Å². The molecule has 82 valence electrons. The molecule has 2 aromatic carbocycles. The molecule has 0 saturated heterocycles. The molecule has 0 heterocycles. The van der Waals surface area contributed by atoms with Gasteiger partial charge in [-0.15, -0.1) is 0 Å². The molecule has 0 bridgehead atoms. The first-order valence-electron chi connectivity index (χ1n) is 5.86. The van der Waals surface area contributed by atoms with Crippen LogP contribution < -0.4 is 0 Å². The fraction of sp³-hybridized carbons (Fsp3) is 0.333. The zero-order chi connectivity index (χ0) is 11.0. The molecule has 1 aliphatic rings. The molecule has 0 spiro atoms. The summed E-state index contributed by atoms with van der Waals surface area (Å²) in [6.07, 6.45) is 3.97. The van der Waals surface area contributed by atoms with E-state index in [0.29, 0.717) is 5.41 Å². The Labute approximate surface area is 105 Å². The number of fused-ring (bicyclic) bond motifs is 1. The summed E-state index contributed by atoms with van der Waals surface area (Å²) in [7, 11) is 0. The standard InChI is InChI=1S/C15H15Br/c16-11-15(8-9-15)10-13-6-3-5-12-4-1-2-7-14(12)13/h1-7H,8-11H2. The third-order valence-electron chi connectivity index (χ3n) is 3.69. The Kier molecular flexibility index (Phi) is 2.51. The lowest BCUT2D eigenvalue weighted by Crippen LogP contribution is -2.06. The van der Waals surface area contributed by atoms with Crippen molar-refractivity contribution in [3.05, 3.63) is 48.0 Å². The summed E-state index contributed by atoms with van der Waals surface area (Å²) in [6.45, 7) is 0. The van der Waals surface area contributed by atoms with Crippen LogP contribution >= 0.6 is 15.9 Å². The van der Waals surface area contributed by atoms with Gasteiger partial charge in [-0.25, -0.2) is 0 Å². The Morgan fingerprint density at radius 2 is 1.75 bits per heavy atom. The number of rotatable bonds is 3. The smallest absolute Gasteiger partial charge is 0.00911 e. The molecule has 0 radical (unpaired) electrons. The lowest BCUT2D eigenvalue weighted by molar-refractivity contribution is 0.589. The minimum absolute atomic E-state index is 0.560. The molecule has 1 fully saturated rings. The zero-order valence-corrected chi connectivity index (χ0v) is 10.8. The topological polar surface area (TPSA) is 0 Å². The van der Waals surface area contributed by atoms with Crippen LogP contribution in [0.3, 0.4) is 0 Å². The SMILES string of the molecule is BrCC1(Cc2cccc3ccccc23)CC1. The van der Waals surface area contributed by atoms with Gasteiger partial charge in [0.05, 0.1) is 0 Å². The maximum atomic E-state index is 3.65. The number of alkyl halides is 1. The monoisotopic (exact) mass is 274 g/mol. The van der Waals surface area contributed by atoms with E-state index >= 15 is 0 Å². The first-order chi connectivity index (χ1) is 7.83. The minimum atomic E-state index is 0.560. The van der Waals surface area contributed by atoms with Crippen molar-refractivity contribution in [2.75, 3.05) is 5.33 Å². The summed E-state index contributed by atoms with van der Waals surface area (Å²) in [5.74, 6) is 0. The van der Waals surface area contributed by atoms with Crippen molar-refractivity contribution in [3.8, 4) is 0 Å². The van der Waals surface area contributed by atoms with Gasteiger partial charge in [0.1, 0.15) is 0 Å². The highest BCUT2D eigenvalue weighted by Gasteiger charge is 2.41. The average Bonchev–Trinajstić information content (AvgIpc) is 3.10. The summed E-state index contributed by atoms with van der Waals surface area (Å²) in [4.78, 5) is 0. The van der Waals surface area contributed by atoms with E-state index in [-0.39, 0.29) is 0 Å². The summed E-state index contributed by atoms with van der Waals surface area (Å²) in [5.41, 5.74) is 2.07. The molecular weight excluding hydrogens is 260 g/mol. The molecule has 0 N–H and O–H groups in total. The quantitative estimate of drug-likeness (QED) is 0.720. The van der Waals surface area contributed by atoms with E-state index in [0.717, 1.165) is 5.33 Å². The van der Waals surface area contributed by atoms with Crippen LogP contribution in [0.1, 0.15) is 18.4 Å². The summed E-state index contributed by atoms with van der Waals surface area (Å²) in [5, 5.41) is 3.94. The van der Waals surface area contributed by atoms with Gasteiger partial charge in [-0.2, -0.15) is 0 Å². The van der Waals surface area contributed by atoms with Gasteiger partial charge in [-0.05, 0) is 41.0 Å². The van der Waals surface area contributed by atoms with Crippen LogP contribution in [0.5, 0.6) is 0 Å². The van der Waals surface area contributed by atoms with E-state index in [4.69, 9.17) is 0 Å². The average molecular weight is 275 g/mol. The third kappa shape index (κ3) is 1.78. The van der Waals surface area contributed by atoms with Gasteiger partial charge >= 0.3 is 0 Å². The molecule has 0 nitrogen and oxygen atoms in total. The predicted octanol–water partition coefficient (Wildman–Crippen LogP) is 4.56. The Morgan fingerprint density at radius 1 is 1.00 bits per heavy atom. The van der Waals surface area contributed by atoms with Gasteiger partial charge in [0.25, 0.3) is 0 Å². The fourth-order valence-electron chi connectivity index (χ4n) is 2.39. The first-order valence-corrected chi connectivity index (χ1v) is 6.98. The number of hydrogen-bond acceptors (Lipinski definition) is 0. The van der Waals surface area contributed by atoms with Gasteiger partial charge in [-0.3, -0.25) is 0 Å². The Bertz CT molecular complexity index is 506. The van der Waals surface area contributed by atoms with E-state index in [9.17, 15) is 0 Å². The molecular formula is C15H15Br. The predicted molar refractivity (Wildman–Crippen MR) is 73.1 cm³/mol. The molecule has 2 aromatic rings. The van der Waals surface area contributed by atoms with Crippen molar-refractivity contribution in [1.29, 1.82) is 0 Å². The van der Waals surface area contributed by atoms with Crippen LogP contribution in [0.25, 0.3) is 10.8 Å². The van der Waals surface area contributed by atoms with E-state index in [1.165, 1.54) is 35.6 Å². The highest BCUT2D eigenvalue weighted by molar-refractivity contribution is 9.09. The number of halogens is 1.